The predicted molar refractivity (Wildman–Crippen MR) is 140 cm³/mol. The molecule has 0 radical (unpaired) electrons. The molecule has 0 N–H and O–H groups in total. The van der Waals surface area contributed by atoms with Gasteiger partial charge in [0.2, 0.25) is 0 Å². The Hall–Kier alpha value is -1.56. The summed E-state index contributed by atoms with van der Waals surface area (Å²) in [6.45, 7) is 7.20. The molecule has 0 nitrogen and oxygen atoms in total. The molecule has 2 atom stereocenters. The van der Waals surface area contributed by atoms with E-state index in [9.17, 15) is 0 Å². The number of rotatable bonds is 14. The predicted octanol–water partition coefficient (Wildman–Crippen LogP) is 10.2. The summed E-state index contributed by atoms with van der Waals surface area (Å²) in [4.78, 5) is 0. The first kappa shape index (κ1) is 24.1. The van der Waals surface area contributed by atoms with Gasteiger partial charge in [-0.15, -0.1) is 0 Å². The molecule has 0 heterocycles. The summed E-state index contributed by atoms with van der Waals surface area (Å²) in [6, 6.07) is 13.9. The number of allylic oxidation sites excluding steroid dienone is 1. The van der Waals surface area contributed by atoms with E-state index in [1.807, 2.05) is 0 Å². The highest BCUT2D eigenvalue weighted by Crippen LogP contribution is 2.46. The highest BCUT2D eigenvalue weighted by Gasteiger charge is 2.37. The molecule has 3 rings (SSSR count). The second-order valence-electron chi connectivity index (χ2n) is 10.2. The van der Waals surface area contributed by atoms with Crippen molar-refractivity contribution in [2.75, 3.05) is 0 Å². The molecule has 2 aromatic rings. The fourth-order valence-electron chi connectivity index (χ4n) is 5.67. The lowest BCUT2D eigenvalue weighted by Crippen LogP contribution is -2.34. The molecular weight excluding hydrogens is 372 g/mol. The van der Waals surface area contributed by atoms with Gasteiger partial charge in [0, 0.05) is 0 Å². The molecule has 1 aliphatic rings. The average molecular weight is 419 g/mol. The minimum Gasteiger partial charge on any atom is -0.0799 e. The Morgan fingerprint density at radius 1 is 0.710 bits per heavy atom. The molecule has 0 spiro atoms. The Balaban J connectivity index is 1.73. The minimum atomic E-state index is 0.280. The molecule has 0 bridgehead atoms. The maximum Gasteiger partial charge on any atom is -0.000631 e. The van der Waals surface area contributed by atoms with Gasteiger partial charge in [-0.3, -0.25) is 0 Å². The summed E-state index contributed by atoms with van der Waals surface area (Å²) in [7, 11) is 0. The highest BCUT2D eigenvalue weighted by atomic mass is 14.4. The first-order valence-electron chi connectivity index (χ1n) is 13.4. The zero-order chi connectivity index (χ0) is 21.9. The normalized spacial score (nSPS) is 20.3. The van der Waals surface area contributed by atoms with E-state index in [2.05, 4.69) is 69.3 Å². The molecule has 0 saturated heterocycles. The van der Waals surface area contributed by atoms with Crippen LogP contribution in [0.3, 0.4) is 0 Å². The van der Waals surface area contributed by atoms with E-state index < -0.39 is 0 Å². The average Bonchev–Trinajstić information content (AvgIpc) is 2.79. The zero-order valence-corrected chi connectivity index (χ0v) is 20.6. The first-order chi connectivity index (χ1) is 15.2. The van der Waals surface area contributed by atoms with E-state index >= 15 is 0 Å². The molecule has 2 aromatic carbocycles. The third kappa shape index (κ3) is 6.47. The van der Waals surface area contributed by atoms with Crippen molar-refractivity contribution >= 4 is 16.8 Å². The lowest BCUT2D eigenvalue weighted by molar-refractivity contribution is 0.286. The molecule has 31 heavy (non-hydrogen) atoms. The van der Waals surface area contributed by atoms with Crippen LogP contribution in [-0.4, -0.2) is 0 Å². The van der Waals surface area contributed by atoms with E-state index in [-0.39, 0.29) is 5.41 Å². The van der Waals surface area contributed by atoms with Crippen molar-refractivity contribution in [1.29, 1.82) is 0 Å². The molecule has 0 saturated carbocycles. The number of unbranched alkanes of at least 4 members (excludes halogenated alkanes) is 10. The molecule has 0 aliphatic heterocycles. The van der Waals surface area contributed by atoms with E-state index in [1.165, 1.54) is 106 Å². The maximum atomic E-state index is 2.58. The monoisotopic (exact) mass is 418 g/mol. The highest BCUT2D eigenvalue weighted by molar-refractivity contribution is 5.87. The summed E-state index contributed by atoms with van der Waals surface area (Å²) < 4.78 is 0. The van der Waals surface area contributed by atoms with Crippen molar-refractivity contribution in [1.82, 2.24) is 0 Å². The molecule has 170 valence electrons. The summed E-state index contributed by atoms with van der Waals surface area (Å²) in [5, 5.41) is 2.78. The molecular formula is C31H46. The molecule has 0 amide bonds. The first-order valence-corrected chi connectivity index (χ1v) is 13.4. The Morgan fingerprint density at radius 3 is 1.97 bits per heavy atom. The van der Waals surface area contributed by atoms with Crippen LogP contribution in [0.1, 0.15) is 122 Å². The van der Waals surface area contributed by atoms with E-state index in [0.717, 1.165) is 0 Å². The summed E-state index contributed by atoms with van der Waals surface area (Å²) in [6.07, 6.45) is 24.4. The van der Waals surface area contributed by atoms with Gasteiger partial charge in [-0.2, -0.15) is 0 Å². The van der Waals surface area contributed by atoms with Crippen LogP contribution >= 0.6 is 0 Å². The Labute approximate surface area is 192 Å². The number of fused-ring (bicyclic) bond motifs is 2. The Bertz CT molecular complexity index is 814. The van der Waals surface area contributed by atoms with Gasteiger partial charge in [0.25, 0.3) is 0 Å². The van der Waals surface area contributed by atoms with Crippen molar-refractivity contribution < 1.29 is 0 Å². The number of benzene rings is 2. The molecule has 0 fully saturated rings. The largest absolute Gasteiger partial charge is 0.0799 e. The van der Waals surface area contributed by atoms with Gasteiger partial charge < -0.3 is 0 Å². The fraction of sp³-hybridized carbons (Fsp3) is 0.613. The van der Waals surface area contributed by atoms with Gasteiger partial charge in [-0.05, 0) is 58.2 Å². The van der Waals surface area contributed by atoms with E-state index in [1.54, 1.807) is 5.56 Å². The Kier molecular flexibility index (Phi) is 9.69. The maximum absolute atomic E-state index is 2.58. The lowest BCUT2D eigenvalue weighted by Gasteiger charge is -2.41. The van der Waals surface area contributed by atoms with Gasteiger partial charge in [-0.25, -0.2) is 0 Å². The minimum absolute atomic E-state index is 0.280. The van der Waals surface area contributed by atoms with E-state index in [0.29, 0.717) is 5.92 Å². The van der Waals surface area contributed by atoms with Crippen molar-refractivity contribution in [2.24, 2.45) is 5.92 Å². The van der Waals surface area contributed by atoms with Crippen molar-refractivity contribution in [3.8, 4) is 0 Å². The fourth-order valence-corrected chi connectivity index (χ4v) is 5.67. The quantitative estimate of drug-likeness (QED) is 0.268. The molecule has 0 aromatic heterocycles. The van der Waals surface area contributed by atoms with Crippen LogP contribution in [0, 0.1) is 5.92 Å². The van der Waals surface area contributed by atoms with Gasteiger partial charge in [0.05, 0.1) is 0 Å². The van der Waals surface area contributed by atoms with Gasteiger partial charge >= 0.3 is 0 Å². The van der Waals surface area contributed by atoms with Crippen LogP contribution in [0.15, 0.2) is 42.5 Å². The van der Waals surface area contributed by atoms with Gasteiger partial charge in [-0.1, -0.05) is 134 Å². The van der Waals surface area contributed by atoms with Crippen molar-refractivity contribution in [2.45, 2.75) is 116 Å². The van der Waals surface area contributed by atoms with Crippen molar-refractivity contribution in [3.05, 3.63) is 53.6 Å². The molecule has 1 aliphatic carbocycles. The summed E-state index contributed by atoms with van der Waals surface area (Å²) in [5.74, 6) is 0.683. The van der Waals surface area contributed by atoms with Crippen LogP contribution in [0.4, 0.5) is 0 Å². The summed E-state index contributed by atoms with van der Waals surface area (Å²) in [5.41, 5.74) is 3.35. The van der Waals surface area contributed by atoms with Crippen LogP contribution in [0.2, 0.25) is 0 Å². The van der Waals surface area contributed by atoms with Gasteiger partial charge in [0.15, 0.2) is 0 Å². The van der Waals surface area contributed by atoms with Crippen LogP contribution < -0.4 is 0 Å². The molecule has 0 heteroatoms. The third-order valence-corrected chi connectivity index (χ3v) is 7.78. The number of hydrogen-bond acceptors (Lipinski definition) is 0. The SMILES string of the molecule is CCCCCCCCC1C=Cc2cc3ccccc3cc2C1(C)CCCCCCCC. The zero-order valence-electron chi connectivity index (χ0n) is 20.6. The van der Waals surface area contributed by atoms with Crippen LogP contribution in [0.5, 0.6) is 0 Å². The standard InChI is InChI=1S/C31H46/c1-4-6-8-10-12-14-20-29-22-21-28-24-26-18-15-16-19-27(26)25-30(28)31(29,3)23-17-13-11-9-7-5-2/h15-16,18-19,21-22,24-25,29H,4-14,17,20,23H2,1-3H3. The lowest BCUT2D eigenvalue weighted by atomic mass is 9.63. The Morgan fingerprint density at radius 2 is 1.29 bits per heavy atom. The topological polar surface area (TPSA) is 0 Å². The summed E-state index contributed by atoms with van der Waals surface area (Å²) >= 11 is 0. The van der Waals surface area contributed by atoms with Crippen LogP contribution in [0.25, 0.3) is 16.8 Å². The smallest absolute Gasteiger partial charge is 0.000631 e. The number of hydrogen-bond donors (Lipinski definition) is 0. The van der Waals surface area contributed by atoms with Crippen LogP contribution in [-0.2, 0) is 5.41 Å². The van der Waals surface area contributed by atoms with Crippen molar-refractivity contribution in [3.63, 3.8) is 0 Å². The van der Waals surface area contributed by atoms with E-state index in [4.69, 9.17) is 0 Å². The third-order valence-electron chi connectivity index (χ3n) is 7.78. The van der Waals surface area contributed by atoms with Gasteiger partial charge in [0.1, 0.15) is 0 Å². The second-order valence-corrected chi connectivity index (χ2v) is 10.2. The second kappa shape index (κ2) is 12.5. The molecule has 2 unspecified atom stereocenters.